The summed E-state index contributed by atoms with van der Waals surface area (Å²) in [5, 5.41) is 15.6. The maximum Gasteiger partial charge on any atom is 0.266 e. The van der Waals surface area contributed by atoms with Crippen molar-refractivity contribution in [3.05, 3.63) is 93.5 Å². The molecular formula is C25H19Cl2N3O3. The zero-order chi connectivity index (χ0) is 23.8. The summed E-state index contributed by atoms with van der Waals surface area (Å²) < 4.78 is 5.63. The number of halogens is 2. The Hall–Kier alpha value is -3.79. The fraction of sp³-hybridized carbons (Fsp3) is 0.0800. The summed E-state index contributed by atoms with van der Waals surface area (Å²) in [6, 6.07) is 20.6. The van der Waals surface area contributed by atoms with Crippen molar-refractivity contribution in [2.24, 2.45) is 0 Å². The van der Waals surface area contributed by atoms with Crippen LogP contribution in [-0.4, -0.2) is 18.4 Å². The number of nitrogens with one attached hydrogen (secondary N) is 2. The van der Waals surface area contributed by atoms with Gasteiger partial charge in [-0.2, -0.15) is 5.26 Å². The first kappa shape index (κ1) is 23.9. The average molecular weight is 480 g/mol. The van der Waals surface area contributed by atoms with Crippen molar-refractivity contribution >= 4 is 52.5 Å². The fourth-order valence-electron chi connectivity index (χ4n) is 2.80. The van der Waals surface area contributed by atoms with Crippen LogP contribution in [0.5, 0.6) is 5.75 Å². The van der Waals surface area contributed by atoms with Crippen LogP contribution in [0.3, 0.4) is 0 Å². The summed E-state index contributed by atoms with van der Waals surface area (Å²) in [5.74, 6) is -0.717. The molecular weight excluding hydrogens is 461 g/mol. The maximum absolute atomic E-state index is 12.6. The Balaban J connectivity index is 1.75. The summed E-state index contributed by atoms with van der Waals surface area (Å²) in [7, 11) is 0. The number of hydrogen-bond acceptors (Lipinski definition) is 4. The number of benzene rings is 3. The molecule has 0 aliphatic carbocycles. The van der Waals surface area contributed by atoms with E-state index in [2.05, 4.69) is 10.6 Å². The third kappa shape index (κ3) is 6.84. The lowest BCUT2D eigenvalue weighted by molar-refractivity contribution is -0.118. The van der Waals surface area contributed by atoms with E-state index in [4.69, 9.17) is 27.9 Å². The largest absolute Gasteiger partial charge is 0.483 e. The van der Waals surface area contributed by atoms with Crippen LogP contribution in [0.1, 0.15) is 11.1 Å². The maximum atomic E-state index is 12.6. The van der Waals surface area contributed by atoms with Crippen LogP contribution in [0.4, 0.5) is 11.4 Å². The number of ether oxygens (including phenoxy) is 1. The van der Waals surface area contributed by atoms with Gasteiger partial charge in [0.1, 0.15) is 17.4 Å². The monoisotopic (exact) mass is 479 g/mol. The molecule has 0 saturated heterocycles. The SMILES string of the molecule is Cc1ccc(NC(=O)COc2ccc(Cl)cc2/C=C(\C#N)C(=O)Nc2ccccc2Cl)cc1. The Morgan fingerprint density at radius 1 is 1.03 bits per heavy atom. The molecule has 2 N–H and O–H groups in total. The highest BCUT2D eigenvalue weighted by Crippen LogP contribution is 2.26. The van der Waals surface area contributed by atoms with Crippen LogP contribution >= 0.6 is 23.2 Å². The van der Waals surface area contributed by atoms with Gasteiger partial charge >= 0.3 is 0 Å². The molecule has 3 rings (SSSR count). The summed E-state index contributed by atoms with van der Waals surface area (Å²) in [5.41, 5.74) is 2.28. The number of nitriles is 1. The van der Waals surface area contributed by atoms with Gasteiger partial charge in [-0.15, -0.1) is 0 Å². The van der Waals surface area contributed by atoms with Gasteiger partial charge in [0.05, 0.1) is 10.7 Å². The predicted octanol–water partition coefficient (Wildman–Crippen LogP) is 5.87. The van der Waals surface area contributed by atoms with Gasteiger partial charge in [-0.05, 0) is 55.5 Å². The molecule has 0 heterocycles. The van der Waals surface area contributed by atoms with Crippen molar-refractivity contribution in [3.8, 4) is 11.8 Å². The minimum Gasteiger partial charge on any atom is -0.483 e. The van der Waals surface area contributed by atoms with Gasteiger partial charge in [0.2, 0.25) is 0 Å². The topological polar surface area (TPSA) is 91.2 Å². The van der Waals surface area contributed by atoms with Crippen molar-refractivity contribution in [3.63, 3.8) is 0 Å². The number of carbonyl (C=O) groups is 2. The van der Waals surface area contributed by atoms with Gasteiger partial charge in [0.25, 0.3) is 11.8 Å². The molecule has 0 spiro atoms. The van der Waals surface area contributed by atoms with Gasteiger partial charge in [-0.25, -0.2) is 0 Å². The second kappa shape index (κ2) is 11.2. The molecule has 3 aromatic rings. The van der Waals surface area contributed by atoms with E-state index in [-0.39, 0.29) is 23.8 Å². The number of nitrogens with zero attached hydrogens (tertiary/aromatic N) is 1. The number of para-hydroxylation sites is 1. The minimum atomic E-state index is -0.645. The van der Waals surface area contributed by atoms with Crippen LogP contribution in [0, 0.1) is 18.3 Å². The zero-order valence-corrected chi connectivity index (χ0v) is 19.1. The quantitative estimate of drug-likeness (QED) is 0.327. The smallest absolute Gasteiger partial charge is 0.266 e. The number of rotatable bonds is 7. The first-order valence-electron chi connectivity index (χ1n) is 9.82. The Morgan fingerprint density at radius 3 is 2.45 bits per heavy atom. The number of hydrogen-bond donors (Lipinski definition) is 2. The van der Waals surface area contributed by atoms with Crippen LogP contribution in [0.15, 0.2) is 72.3 Å². The van der Waals surface area contributed by atoms with E-state index >= 15 is 0 Å². The molecule has 3 aromatic carbocycles. The Kier molecular flexibility index (Phi) is 8.09. The van der Waals surface area contributed by atoms with Gasteiger partial charge in [-0.3, -0.25) is 9.59 Å². The van der Waals surface area contributed by atoms with Gasteiger partial charge < -0.3 is 15.4 Å². The molecule has 0 aliphatic heterocycles. The summed E-state index contributed by atoms with van der Waals surface area (Å²) in [4.78, 5) is 24.9. The van der Waals surface area contributed by atoms with E-state index in [1.54, 1.807) is 48.5 Å². The van der Waals surface area contributed by atoms with Crippen LogP contribution in [-0.2, 0) is 9.59 Å². The van der Waals surface area contributed by atoms with E-state index in [0.29, 0.717) is 27.0 Å². The van der Waals surface area contributed by atoms with E-state index in [0.717, 1.165) is 5.56 Å². The Morgan fingerprint density at radius 2 is 1.76 bits per heavy atom. The Bertz CT molecular complexity index is 1250. The molecule has 0 atom stereocenters. The normalized spacial score (nSPS) is 10.8. The number of carbonyl (C=O) groups excluding carboxylic acids is 2. The molecule has 33 heavy (non-hydrogen) atoms. The molecule has 2 amide bonds. The van der Waals surface area contributed by atoms with Crippen molar-refractivity contribution in [2.45, 2.75) is 6.92 Å². The van der Waals surface area contributed by atoms with E-state index < -0.39 is 5.91 Å². The molecule has 8 heteroatoms. The average Bonchev–Trinajstić information content (AvgIpc) is 2.79. The molecule has 0 aliphatic rings. The lowest BCUT2D eigenvalue weighted by Gasteiger charge is -2.11. The second-order valence-corrected chi connectivity index (χ2v) is 7.83. The molecule has 6 nitrogen and oxygen atoms in total. The molecule has 0 fully saturated rings. The summed E-state index contributed by atoms with van der Waals surface area (Å²) in [6.07, 6.45) is 1.34. The van der Waals surface area contributed by atoms with Gasteiger partial charge in [0, 0.05) is 16.3 Å². The van der Waals surface area contributed by atoms with E-state index in [1.165, 1.54) is 12.1 Å². The lowest BCUT2D eigenvalue weighted by Crippen LogP contribution is -2.20. The predicted molar refractivity (Wildman–Crippen MR) is 130 cm³/mol. The third-order valence-corrected chi connectivity index (χ3v) is 5.02. The van der Waals surface area contributed by atoms with Crippen LogP contribution in [0.2, 0.25) is 10.0 Å². The van der Waals surface area contributed by atoms with Crippen LogP contribution < -0.4 is 15.4 Å². The lowest BCUT2D eigenvalue weighted by atomic mass is 10.1. The van der Waals surface area contributed by atoms with Gasteiger partial charge in [0.15, 0.2) is 6.61 Å². The molecule has 0 unspecified atom stereocenters. The third-order valence-electron chi connectivity index (χ3n) is 4.45. The zero-order valence-electron chi connectivity index (χ0n) is 17.6. The minimum absolute atomic E-state index is 0.189. The molecule has 0 bridgehead atoms. The van der Waals surface area contributed by atoms with Crippen molar-refractivity contribution < 1.29 is 14.3 Å². The van der Waals surface area contributed by atoms with Crippen LogP contribution in [0.25, 0.3) is 6.08 Å². The van der Waals surface area contributed by atoms with Crippen molar-refractivity contribution in [1.29, 1.82) is 5.26 Å². The van der Waals surface area contributed by atoms with Crippen molar-refractivity contribution in [2.75, 3.05) is 17.2 Å². The van der Waals surface area contributed by atoms with Crippen molar-refractivity contribution in [1.82, 2.24) is 0 Å². The van der Waals surface area contributed by atoms with E-state index in [1.807, 2.05) is 25.1 Å². The number of anilines is 2. The molecule has 166 valence electrons. The number of aryl methyl sites for hydroxylation is 1. The Labute approximate surface area is 201 Å². The standard InChI is InChI=1S/C25H19Cl2N3O3/c1-16-6-9-20(10-7-16)29-24(31)15-33-23-11-8-19(26)13-17(23)12-18(14-28)25(32)30-22-5-3-2-4-21(22)27/h2-13H,15H2,1H3,(H,29,31)(H,30,32)/b18-12+. The van der Waals surface area contributed by atoms with E-state index in [9.17, 15) is 14.9 Å². The fourth-order valence-corrected chi connectivity index (χ4v) is 3.16. The highest BCUT2D eigenvalue weighted by molar-refractivity contribution is 6.34. The summed E-state index contributed by atoms with van der Waals surface area (Å²) >= 11 is 12.2. The second-order valence-electron chi connectivity index (χ2n) is 6.99. The molecule has 0 aromatic heterocycles. The first-order chi connectivity index (χ1) is 15.9. The number of amides is 2. The summed E-state index contributed by atoms with van der Waals surface area (Å²) in [6.45, 7) is 1.68. The van der Waals surface area contributed by atoms with Gasteiger partial charge in [-0.1, -0.05) is 53.0 Å². The highest BCUT2D eigenvalue weighted by Gasteiger charge is 2.14. The highest BCUT2D eigenvalue weighted by atomic mass is 35.5. The molecule has 0 saturated carbocycles. The molecule has 0 radical (unpaired) electrons. The first-order valence-corrected chi connectivity index (χ1v) is 10.6.